The molecule has 0 bridgehead atoms. The summed E-state index contributed by atoms with van der Waals surface area (Å²) in [4.78, 5) is 26.0. The molecule has 0 saturated carbocycles. The number of fused-ring (bicyclic) bond motifs is 2. The van der Waals surface area contributed by atoms with Crippen LogP contribution in [-0.2, 0) is 23.7 Å². The predicted octanol–water partition coefficient (Wildman–Crippen LogP) is 4.01. The number of cyclic esters (lactones) is 1. The number of ketones is 1. The van der Waals surface area contributed by atoms with Gasteiger partial charge < -0.3 is 28.4 Å². The molecule has 0 aliphatic carbocycles. The Morgan fingerprint density at radius 2 is 1.85 bits per heavy atom. The molecule has 8 nitrogen and oxygen atoms in total. The summed E-state index contributed by atoms with van der Waals surface area (Å²) < 4.78 is 48.5. The second kappa shape index (κ2) is 10.2. The number of carbonyl (C=O) groups is 2. The van der Waals surface area contributed by atoms with Crippen molar-refractivity contribution in [3.8, 4) is 11.5 Å². The fourth-order valence-electron chi connectivity index (χ4n) is 3.70. The van der Waals surface area contributed by atoms with Crippen LogP contribution in [0.3, 0.4) is 0 Å². The number of hydrogen-bond donors (Lipinski definition) is 0. The second-order valence-electron chi connectivity index (χ2n) is 8.81. The van der Waals surface area contributed by atoms with Crippen molar-refractivity contribution in [1.82, 2.24) is 0 Å². The van der Waals surface area contributed by atoms with Crippen molar-refractivity contribution in [3.05, 3.63) is 41.5 Å². The molecule has 4 atom stereocenters. The fraction of sp³-hybridized carbons (Fsp3) is 0.520. The van der Waals surface area contributed by atoms with Gasteiger partial charge in [-0.15, -0.1) is 0 Å². The Labute approximate surface area is 198 Å². The fourth-order valence-corrected chi connectivity index (χ4v) is 3.70. The van der Waals surface area contributed by atoms with E-state index in [0.717, 1.165) is 12.2 Å². The van der Waals surface area contributed by atoms with E-state index < -0.39 is 41.5 Å². The van der Waals surface area contributed by atoms with Crippen LogP contribution in [0, 0.1) is 0 Å². The molecule has 1 fully saturated rings. The summed E-state index contributed by atoms with van der Waals surface area (Å²) in [6, 6.07) is 3.16. The Bertz CT molecular complexity index is 981. The average Bonchev–Trinajstić information content (AvgIpc) is 3.09. The van der Waals surface area contributed by atoms with Crippen molar-refractivity contribution in [2.45, 2.75) is 63.9 Å². The second-order valence-corrected chi connectivity index (χ2v) is 8.81. The monoisotopic (exact) mass is 478 g/mol. The molecular formula is C25H31FO8. The Balaban J connectivity index is 2.11. The lowest BCUT2D eigenvalue weighted by Gasteiger charge is -2.25. The summed E-state index contributed by atoms with van der Waals surface area (Å²) in [7, 11) is 2.93. The number of esters is 1. The maximum absolute atomic E-state index is 15.4. The van der Waals surface area contributed by atoms with Crippen LogP contribution < -0.4 is 9.47 Å². The molecule has 1 saturated heterocycles. The number of methoxy groups -OCH3 is 2. The third-order valence-corrected chi connectivity index (χ3v) is 5.66. The van der Waals surface area contributed by atoms with E-state index >= 15 is 4.39 Å². The molecule has 0 amide bonds. The Hall–Kier alpha value is -2.75. The smallest absolute Gasteiger partial charge is 0.342 e. The quantitative estimate of drug-likeness (QED) is 0.474. The van der Waals surface area contributed by atoms with Crippen LogP contribution in [0.1, 0.15) is 50.0 Å². The molecule has 0 radical (unpaired) electrons. The molecule has 34 heavy (non-hydrogen) atoms. The summed E-state index contributed by atoms with van der Waals surface area (Å²) >= 11 is 0. The van der Waals surface area contributed by atoms with Gasteiger partial charge in [0.2, 0.25) is 0 Å². The zero-order chi connectivity index (χ0) is 25.1. The van der Waals surface area contributed by atoms with E-state index in [2.05, 4.69) is 0 Å². The van der Waals surface area contributed by atoms with Gasteiger partial charge >= 0.3 is 5.97 Å². The van der Waals surface area contributed by atoms with Gasteiger partial charge in [0.25, 0.3) is 0 Å². The van der Waals surface area contributed by atoms with E-state index in [9.17, 15) is 9.59 Å². The van der Waals surface area contributed by atoms with Gasteiger partial charge in [-0.05, 0) is 57.9 Å². The third-order valence-electron chi connectivity index (χ3n) is 5.66. The number of alkyl halides is 1. The van der Waals surface area contributed by atoms with Crippen molar-refractivity contribution < 1.29 is 42.4 Å². The first-order chi connectivity index (χ1) is 16.0. The normalized spacial score (nSPS) is 31.0. The van der Waals surface area contributed by atoms with Crippen LogP contribution in [0.4, 0.5) is 4.39 Å². The van der Waals surface area contributed by atoms with Crippen LogP contribution in [0.15, 0.2) is 30.4 Å². The zero-order valence-corrected chi connectivity index (χ0v) is 20.3. The average molecular weight is 479 g/mol. The lowest BCUT2D eigenvalue weighted by Crippen LogP contribution is -2.36. The third kappa shape index (κ3) is 5.84. The molecule has 4 unspecified atom stereocenters. The maximum atomic E-state index is 15.4. The van der Waals surface area contributed by atoms with Gasteiger partial charge in [-0.3, -0.25) is 4.79 Å². The summed E-state index contributed by atoms with van der Waals surface area (Å²) in [5.41, 5.74) is -1.61. The van der Waals surface area contributed by atoms with Gasteiger partial charge in [0.15, 0.2) is 24.0 Å². The highest BCUT2D eigenvalue weighted by Crippen LogP contribution is 2.35. The van der Waals surface area contributed by atoms with E-state index in [1.165, 1.54) is 34.1 Å². The highest BCUT2D eigenvalue weighted by molar-refractivity contribution is 5.97. The van der Waals surface area contributed by atoms with Gasteiger partial charge in [0.05, 0.1) is 13.2 Å². The van der Waals surface area contributed by atoms with Crippen molar-refractivity contribution in [2.75, 3.05) is 21.0 Å². The minimum absolute atomic E-state index is 0.0920. The van der Waals surface area contributed by atoms with Crippen LogP contribution in [0.5, 0.6) is 11.5 Å². The number of hydrogen-bond acceptors (Lipinski definition) is 8. The molecule has 1 aromatic carbocycles. The van der Waals surface area contributed by atoms with E-state index in [1.54, 1.807) is 32.1 Å². The van der Waals surface area contributed by atoms with Crippen molar-refractivity contribution in [3.63, 3.8) is 0 Å². The van der Waals surface area contributed by atoms with Crippen LogP contribution >= 0.6 is 0 Å². The minimum atomic E-state index is -2.13. The zero-order valence-electron chi connectivity index (χ0n) is 20.3. The molecule has 9 heteroatoms. The van der Waals surface area contributed by atoms with Crippen molar-refractivity contribution in [1.29, 1.82) is 0 Å². The maximum Gasteiger partial charge on any atom is 0.342 e. The standard InChI is InChI=1S/C25H31FO8/c1-15-25(4,26)11-10-18(27)22-19(33-24(2,3)34-22)9-7-8-16-12-17(30-6)13-20(31-14-29-5)21(16)23(28)32-15/h7-8,10-13,15,19,22H,9,14H2,1-6H3/b8-7+,11-10-. The number of ether oxygens (including phenoxy) is 6. The first-order valence-corrected chi connectivity index (χ1v) is 11.0. The molecule has 186 valence electrons. The molecule has 2 heterocycles. The molecule has 2 aliphatic heterocycles. The summed E-state index contributed by atoms with van der Waals surface area (Å²) in [6.45, 7) is 5.94. The lowest BCUT2D eigenvalue weighted by molar-refractivity contribution is -0.152. The molecular weight excluding hydrogens is 447 g/mol. The van der Waals surface area contributed by atoms with Crippen LogP contribution in [-0.4, -0.2) is 62.5 Å². The summed E-state index contributed by atoms with van der Waals surface area (Å²) in [5.74, 6) is -1.60. The van der Waals surface area contributed by atoms with Gasteiger partial charge in [0.1, 0.15) is 29.3 Å². The number of carbonyl (C=O) groups excluding carboxylic acids is 2. The van der Waals surface area contributed by atoms with Crippen molar-refractivity contribution >= 4 is 17.8 Å². The first-order valence-electron chi connectivity index (χ1n) is 11.0. The molecule has 2 aliphatic rings. The highest BCUT2D eigenvalue weighted by atomic mass is 19.1. The molecule has 0 N–H and O–H groups in total. The predicted molar refractivity (Wildman–Crippen MR) is 122 cm³/mol. The molecule has 3 rings (SSSR count). The summed E-state index contributed by atoms with van der Waals surface area (Å²) in [5, 5.41) is 0. The Morgan fingerprint density at radius 1 is 1.12 bits per heavy atom. The Kier molecular flexibility index (Phi) is 7.80. The number of benzene rings is 1. The van der Waals surface area contributed by atoms with Crippen molar-refractivity contribution in [2.24, 2.45) is 0 Å². The SMILES string of the molecule is COCOc1cc(OC)cc2c1C(=O)OC(C)C(C)(F)/C=C\C(=O)C1OC(C)(C)OC1C/C=C/2. The van der Waals surface area contributed by atoms with E-state index in [4.69, 9.17) is 28.4 Å². The topological polar surface area (TPSA) is 89.5 Å². The van der Waals surface area contributed by atoms with Crippen LogP contribution in [0.2, 0.25) is 0 Å². The minimum Gasteiger partial charge on any atom is -0.497 e. The largest absolute Gasteiger partial charge is 0.497 e. The van der Waals surface area contributed by atoms with Gasteiger partial charge in [0, 0.05) is 13.2 Å². The highest BCUT2D eigenvalue weighted by Gasteiger charge is 2.44. The molecule has 0 spiro atoms. The van der Waals surface area contributed by atoms with Gasteiger partial charge in [-0.2, -0.15) is 0 Å². The Morgan fingerprint density at radius 3 is 2.53 bits per heavy atom. The van der Waals surface area contributed by atoms with E-state index in [0.29, 0.717) is 17.7 Å². The van der Waals surface area contributed by atoms with Gasteiger partial charge in [-0.1, -0.05) is 12.2 Å². The number of rotatable bonds is 4. The van der Waals surface area contributed by atoms with E-state index in [1.807, 2.05) is 0 Å². The van der Waals surface area contributed by atoms with E-state index in [-0.39, 0.29) is 18.1 Å². The molecule has 0 aromatic heterocycles. The molecule has 1 aromatic rings. The van der Waals surface area contributed by atoms with Crippen LogP contribution in [0.25, 0.3) is 6.08 Å². The van der Waals surface area contributed by atoms with Gasteiger partial charge in [-0.25, -0.2) is 9.18 Å². The first kappa shape index (κ1) is 25.9. The summed E-state index contributed by atoms with van der Waals surface area (Å²) in [6.07, 6.45) is 3.23. The number of halogens is 1. The lowest BCUT2D eigenvalue weighted by atomic mass is 9.98.